The van der Waals surface area contributed by atoms with Crippen molar-refractivity contribution >= 4 is 39.0 Å². The number of hydrogen-bond donors (Lipinski definition) is 0. The summed E-state index contributed by atoms with van der Waals surface area (Å²) in [6.07, 6.45) is 0. The summed E-state index contributed by atoms with van der Waals surface area (Å²) in [5.41, 5.74) is 3.06. The normalized spacial score (nSPS) is 12.7. The van der Waals surface area contributed by atoms with Crippen LogP contribution in [0.4, 0.5) is 0 Å². The molecule has 5 heteroatoms. The van der Waals surface area contributed by atoms with E-state index in [4.69, 9.17) is 0 Å². The molecule has 2 aromatic rings. The molecule has 1 atom stereocenters. The van der Waals surface area contributed by atoms with Gasteiger partial charge in [0, 0.05) is 9.72 Å². The van der Waals surface area contributed by atoms with Crippen molar-refractivity contribution in [1.29, 1.82) is 0 Å². The summed E-state index contributed by atoms with van der Waals surface area (Å²) >= 11 is 6.79. The summed E-state index contributed by atoms with van der Waals surface area (Å²) < 4.78 is 2.13. The van der Waals surface area contributed by atoms with E-state index < -0.39 is 0 Å². The van der Waals surface area contributed by atoms with Gasteiger partial charge >= 0.3 is 0 Å². The van der Waals surface area contributed by atoms with Crippen molar-refractivity contribution in [3.05, 3.63) is 39.8 Å². The minimum Gasteiger partial charge on any atom is -0.146 e. The van der Waals surface area contributed by atoms with E-state index in [1.165, 1.54) is 5.56 Å². The molecule has 0 N–H and O–H groups in total. The maximum absolute atomic E-state index is 4.02. The molecule has 2 rings (SSSR count). The highest BCUT2D eigenvalue weighted by atomic mass is 79.9. The third-order valence-electron chi connectivity index (χ3n) is 1.94. The van der Waals surface area contributed by atoms with Crippen LogP contribution in [0.5, 0.6) is 0 Å². The first-order valence-electron chi connectivity index (χ1n) is 4.44. The third kappa shape index (κ3) is 3.03. The van der Waals surface area contributed by atoms with Gasteiger partial charge in [-0.2, -0.15) is 0 Å². The Morgan fingerprint density at radius 1 is 1.47 bits per heavy atom. The zero-order valence-electron chi connectivity index (χ0n) is 8.05. The lowest BCUT2D eigenvalue weighted by Crippen LogP contribution is -1.87. The van der Waals surface area contributed by atoms with Gasteiger partial charge < -0.3 is 0 Å². The van der Waals surface area contributed by atoms with Crippen LogP contribution in [-0.4, -0.2) is 10.2 Å². The van der Waals surface area contributed by atoms with Gasteiger partial charge in [0.1, 0.15) is 5.51 Å². The van der Waals surface area contributed by atoms with E-state index in [0.717, 1.165) is 8.81 Å². The number of rotatable bonds is 3. The molecule has 1 aromatic carbocycles. The van der Waals surface area contributed by atoms with E-state index in [0.29, 0.717) is 5.25 Å². The Hall–Kier alpha value is -0.390. The van der Waals surface area contributed by atoms with Gasteiger partial charge in [-0.05, 0) is 24.6 Å². The molecule has 1 unspecified atom stereocenters. The molecule has 0 bridgehead atoms. The van der Waals surface area contributed by atoms with Crippen LogP contribution in [0.2, 0.25) is 0 Å². The highest BCUT2D eigenvalue weighted by molar-refractivity contribution is 9.10. The molecular formula is C10H9BrN2S2. The predicted molar refractivity (Wildman–Crippen MR) is 68.3 cm³/mol. The minimum atomic E-state index is 0.399. The zero-order chi connectivity index (χ0) is 10.7. The average Bonchev–Trinajstić information content (AvgIpc) is 2.70. The molecule has 0 fully saturated rings. The minimum absolute atomic E-state index is 0.399. The quantitative estimate of drug-likeness (QED) is 0.796. The van der Waals surface area contributed by atoms with Crippen LogP contribution in [-0.2, 0) is 0 Å². The topological polar surface area (TPSA) is 25.8 Å². The van der Waals surface area contributed by atoms with E-state index in [9.17, 15) is 0 Å². The van der Waals surface area contributed by atoms with Gasteiger partial charge in [0.2, 0.25) is 0 Å². The van der Waals surface area contributed by atoms with Gasteiger partial charge in [-0.3, -0.25) is 0 Å². The van der Waals surface area contributed by atoms with E-state index in [2.05, 4.69) is 51.3 Å². The smallest absolute Gasteiger partial charge is 0.146 e. The molecule has 15 heavy (non-hydrogen) atoms. The van der Waals surface area contributed by atoms with E-state index in [1.807, 2.05) is 6.07 Å². The predicted octanol–water partition coefficient (Wildman–Crippen LogP) is 4.15. The van der Waals surface area contributed by atoms with Crippen LogP contribution < -0.4 is 0 Å². The Morgan fingerprint density at radius 2 is 2.33 bits per heavy atom. The summed E-state index contributed by atoms with van der Waals surface area (Å²) in [7, 11) is 0. The second kappa shape index (κ2) is 5.09. The van der Waals surface area contributed by atoms with Crippen molar-refractivity contribution in [3.8, 4) is 0 Å². The molecule has 1 aromatic heterocycles. The number of hydrogen-bond acceptors (Lipinski definition) is 4. The van der Waals surface area contributed by atoms with Crippen LogP contribution >= 0.6 is 39.0 Å². The van der Waals surface area contributed by atoms with E-state index >= 15 is 0 Å². The average molecular weight is 301 g/mol. The molecular weight excluding hydrogens is 292 g/mol. The second-order valence-electron chi connectivity index (χ2n) is 3.02. The first kappa shape index (κ1) is 11.1. The van der Waals surface area contributed by atoms with E-state index in [1.54, 1.807) is 28.6 Å². The monoisotopic (exact) mass is 300 g/mol. The summed E-state index contributed by atoms with van der Waals surface area (Å²) in [5, 5.41) is 8.25. The molecule has 1 heterocycles. The van der Waals surface area contributed by atoms with Crippen molar-refractivity contribution < 1.29 is 0 Å². The highest BCUT2D eigenvalue weighted by Crippen LogP contribution is 2.35. The lowest BCUT2D eigenvalue weighted by Gasteiger charge is -2.09. The number of nitrogens with zero attached hydrogens (tertiary/aromatic N) is 2. The molecule has 0 aliphatic rings. The highest BCUT2D eigenvalue weighted by Gasteiger charge is 2.09. The van der Waals surface area contributed by atoms with Crippen molar-refractivity contribution in [1.82, 2.24) is 10.2 Å². The first-order valence-corrected chi connectivity index (χ1v) is 6.99. The van der Waals surface area contributed by atoms with Gasteiger partial charge in [-0.25, -0.2) is 0 Å². The van der Waals surface area contributed by atoms with Crippen LogP contribution in [0.15, 0.2) is 38.6 Å². The summed E-state index contributed by atoms with van der Waals surface area (Å²) in [6.45, 7) is 2.17. The fraction of sp³-hybridized carbons (Fsp3) is 0.200. The largest absolute Gasteiger partial charge is 0.174 e. The Balaban J connectivity index is 2.11. The lowest BCUT2D eigenvalue weighted by atomic mass is 10.2. The molecule has 0 saturated heterocycles. The van der Waals surface area contributed by atoms with Crippen LogP contribution in [0.25, 0.3) is 0 Å². The van der Waals surface area contributed by atoms with Crippen molar-refractivity contribution in [3.63, 3.8) is 0 Å². The summed E-state index contributed by atoms with van der Waals surface area (Å²) in [4.78, 5) is 0. The molecule has 0 radical (unpaired) electrons. The molecule has 2 nitrogen and oxygen atoms in total. The van der Waals surface area contributed by atoms with Gasteiger partial charge in [0.05, 0.1) is 0 Å². The van der Waals surface area contributed by atoms with Gasteiger partial charge in [-0.1, -0.05) is 51.2 Å². The maximum atomic E-state index is 4.02. The molecule has 78 valence electrons. The van der Waals surface area contributed by atoms with Crippen LogP contribution in [0, 0.1) is 0 Å². The molecule has 0 spiro atoms. The number of aromatic nitrogens is 2. The van der Waals surface area contributed by atoms with Crippen LogP contribution in [0.3, 0.4) is 0 Å². The van der Waals surface area contributed by atoms with E-state index in [-0.39, 0.29) is 0 Å². The van der Waals surface area contributed by atoms with Gasteiger partial charge in [-0.15, -0.1) is 10.2 Å². The SMILES string of the molecule is CC(Sc1nncs1)c1cccc(Br)c1. The Kier molecular flexibility index (Phi) is 3.77. The molecule has 0 aliphatic carbocycles. The van der Waals surface area contributed by atoms with Crippen molar-refractivity contribution in [2.24, 2.45) is 0 Å². The molecule has 0 saturated carbocycles. The Bertz CT molecular complexity index is 431. The number of halogens is 1. The van der Waals surface area contributed by atoms with Crippen molar-refractivity contribution in [2.75, 3.05) is 0 Å². The summed E-state index contributed by atoms with van der Waals surface area (Å²) in [5.74, 6) is 0. The molecule has 0 aliphatic heterocycles. The van der Waals surface area contributed by atoms with Gasteiger partial charge in [0.25, 0.3) is 0 Å². The third-order valence-corrected chi connectivity index (χ3v) is 4.40. The van der Waals surface area contributed by atoms with Gasteiger partial charge in [0.15, 0.2) is 4.34 Å². The van der Waals surface area contributed by atoms with Crippen LogP contribution in [0.1, 0.15) is 17.7 Å². The maximum Gasteiger partial charge on any atom is 0.174 e. The Morgan fingerprint density at radius 3 is 3.00 bits per heavy atom. The number of thioether (sulfide) groups is 1. The Labute approximate surface area is 105 Å². The lowest BCUT2D eigenvalue weighted by molar-refractivity contribution is 0.999. The van der Waals surface area contributed by atoms with Crippen molar-refractivity contribution in [2.45, 2.75) is 16.5 Å². The summed E-state index contributed by atoms with van der Waals surface area (Å²) in [6, 6.07) is 8.35. The molecule has 0 amide bonds. The fourth-order valence-corrected chi connectivity index (χ4v) is 3.35. The standard InChI is InChI=1S/C10H9BrN2S2/c1-7(15-10-13-12-6-14-10)8-3-2-4-9(11)5-8/h2-7H,1H3. The fourth-order valence-electron chi connectivity index (χ4n) is 1.19. The number of benzene rings is 1. The second-order valence-corrected chi connectivity index (χ2v) is 6.36. The first-order chi connectivity index (χ1) is 7.25. The zero-order valence-corrected chi connectivity index (χ0v) is 11.3.